The third kappa shape index (κ3) is 3.81. The van der Waals surface area contributed by atoms with Crippen molar-refractivity contribution in [3.05, 3.63) is 70.0 Å². The highest BCUT2D eigenvalue weighted by Gasteiger charge is 2.29. The van der Waals surface area contributed by atoms with Crippen molar-refractivity contribution >= 4 is 5.91 Å². The molecule has 0 bridgehead atoms. The minimum atomic E-state index is -0.370. The molecular weight excluding hydrogens is 370 g/mol. The average Bonchev–Trinajstić information content (AvgIpc) is 3.24. The number of H-pyrrole nitrogens is 1. The Morgan fingerprint density at radius 1 is 1.31 bits per heavy atom. The average molecular weight is 393 g/mol. The molecule has 1 aliphatic heterocycles. The van der Waals surface area contributed by atoms with Gasteiger partial charge in [-0.3, -0.25) is 14.7 Å². The molecule has 3 heterocycles. The number of nitrogens with zero attached hydrogens (tertiary/aromatic N) is 2. The van der Waals surface area contributed by atoms with Gasteiger partial charge in [0.2, 0.25) is 11.2 Å². The molecule has 1 fully saturated rings. The quantitative estimate of drug-likeness (QED) is 0.734. The first-order valence-corrected chi connectivity index (χ1v) is 9.63. The number of aryl methyl sites for hydroxylation is 1. The summed E-state index contributed by atoms with van der Waals surface area (Å²) < 4.78 is 10.3. The van der Waals surface area contributed by atoms with Crippen LogP contribution >= 0.6 is 0 Å². The van der Waals surface area contributed by atoms with Crippen LogP contribution in [-0.2, 0) is 0 Å². The molecule has 1 amide bonds. The van der Waals surface area contributed by atoms with Gasteiger partial charge in [-0.15, -0.1) is 0 Å². The lowest BCUT2D eigenvalue weighted by Gasteiger charge is -2.32. The smallest absolute Gasteiger partial charge is 0.289 e. The second-order valence-electron chi connectivity index (χ2n) is 7.33. The first kappa shape index (κ1) is 19.0. The molecular formula is C22H23N3O4. The molecule has 1 saturated heterocycles. The van der Waals surface area contributed by atoms with Gasteiger partial charge in [0.15, 0.2) is 5.76 Å². The maximum atomic E-state index is 12.9. The molecule has 0 radical (unpaired) electrons. The van der Waals surface area contributed by atoms with Gasteiger partial charge in [-0.05, 0) is 25.3 Å². The molecule has 3 aromatic rings. The molecule has 7 heteroatoms. The number of hydrogen-bond donors (Lipinski definition) is 1. The van der Waals surface area contributed by atoms with Crippen LogP contribution in [0.1, 0.15) is 40.6 Å². The van der Waals surface area contributed by atoms with E-state index in [4.69, 9.17) is 9.15 Å². The van der Waals surface area contributed by atoms with Crippen molar-refractivity contribution in [1.82, 2.24) is 15.1 Å². The number of likely N-dealkylation sites (tertiary alicyclic amines) is 1. The van der Waals surface area contributed by atoms with E-state index < -0.39 is 0 Å². The van der Waals surface area contributed by atoms with Gasteiger partial charge in [0, 0.05) is 36.3 Å². The van der Waals surface area contributed by atoms with Crippen LogP contribution < -0.4 is 10.2 Å². The van der Waals surface area contributed by atoms with Crippen molar-refractivity contribution in [3.8, 4) is 16.9 Å². The van der Waals surface area contributed by atoms with Crippen LogP contribution in [-0.4, -0.2) is 41.2 Å². The first-order chi connectivity index (χ1) is 14.1. The summed E-state index contributed by atoms with van der Waals surface area (Å²) >= 11 is 0. The van der Waals surface area contributed by atoms with E-state index in [1.54, 1.807) is 4.90 Å². The monoisotopic (exact) mass is 393 g/mol. The second-order valence-corrected chi connectivity index (χ2v) is 7.33. The zero-order chi connectivity index (χ0) is 20.4. The molecule has 1 aromatic carbocycles. The number of amides is 1. The third-order valence-electron chi connectivity index (χ3n) is 5.38. The number of nitrogens with one attached hydrogen (secondary N) is 1. The summed E-state index contributed by atoms with van der Waals surface area (Å²) in [7, 11) is 1.39. The van der Waals surface area contributed by atoms with Crippen LogP contribution in [0.15, 0.2) is 52.0 Å². The van der Waals surface area contributed by atoms with Gasteiger partial charge < -0.3 is 14.1 Å². The van der Waals surface area contributed by atoms with E-state index in [9.17, 15) is 9.59 Å². The van der Waals surface area contributed by atoms with Crippen LogP contribution in [0.2, 0.25) is 0 Å². The molecule has 29 heavy (non-hydrogen) atoms. The van der Waals surface area contributed by atoms with Crippen molar-refractivity contribution in [2.45, 2.75) is 25.7 Å². The Bertz CT molecular complexity index is 1070. The number of hydrogen-bond acceptors (Lipinski definition) is 5. The number of rotatable bonds is 4. The molecule has 1 atom stereocenters. The highest BCUT2D eigenvalue weighted by molar-refractivity contribution is 5.91. The SMILES string of the molecule is COc1coc(C(=O)N2CCCC(c3[nH]ncc3-c3ccc(C)cc3)C2)cc1=O. The van der Waals surface area contributed by atoms with Gasteiger partial charge in [-0.2, -0.15) is 5.10 Å². The van der Waals surface area contributed by atoms with Crippen LogP contribution in [0.5, 0.6) is 5.75 Å². The topological polar surface area (TPSA) is 88.4 Å². The number of aromatic nitrogens is 2. The molecule has 1 aliphatic rings. The second kappa shape index (κ2) is 7.95. The van der Waals surface area contributed by atoms with Gasteiger partial charge in [0.25, 0.3) is 5.91 Å². The van der Waals surface area contributed by atoms with Crippen molar-refractivity contribution in [3.63, 3.8) is 0 Å². The van der Waals surface area contributed by atoms with Gasteiger partial charge in [0.1, 0.15) is 6.26 Å². The number of carbonyl (C=O) groups is 1. The van der Waals surface area contributed by atoms with Crippen molar-refractivity contribution < 1.29 is 13.9 Å². The number of methoxy groups -OCH3 is 1. The predicted octanol–water partition coefficient (Wildman–Crippen LogP) is 3.37. The van der Waals surface area contributed by atoms with Gasteiger partial charge >= 0.3 is 0 Å². The number of benzene rings is 1. The summed E-state index contributed by atoms with van der Waals surface area (Å²) in [6.07, 6.45) is 4.84. The number of aromatic amines is 1. The Labute approximate surface area is 168 Å². The van der Waals surface area contributed by atoms with Crippen molar-refractivity contribution in [2.75, 3.05) is 20.2 Å². The first-order valence-electron chi connectivity index (χ1n) is 9.63. The minimum absolute atomic E-state index is 0.0276. The molecule has 0 saturated carbocycles. The van der Waals surface area contributed by atoms with E-state index >= 15 is 0 Å². The van der Waals surface area contributed by atoms with E-state index in [-0.39, 0.29) is 28.8 Å². The van der Waals surface area contributed by atoms with E-state index in [2.05, 4.69) is 41.4 Å². The fourth-order valence-corrected chi connectivity index (χ4v) is 3.78. The standard InChI is InChI=1S/C22H23N3O4/c1-14-5-7-15(8-6-14)17-11-23-24-21(17)16-4-3-9-25(12-16)22(27)19-10-18(26)20(28-2)13-29-19/h5-8,10-11,13,16H,3-4,9,12H2,1-2H3,(H,23,24). The molecule has 4 rings (SSSR count). The lowest BCUT2D eigenvalue weighted by molar-refractivity contribution is 0.0670. The highest BCUT2D eigenvalue weighted by atomic mass is 16.5. The normalized spacial score (nSPS) is 16.6. The molecule has 7 nitrogen and oxygen atoms in total. The van der Waals surface area contributed by atoms with Crippen LogP contribution in [0.3, 0.4) is 0 Å². The minimum Gasteiger partial charge on any atom is -0.490 e. The van der Waals surface area contributed by atoms with Crippen LogP contribution in [0, 0.1) is 6.92 Å². The number of piperidine rings is 1. The maximum Gasteiger partial charge on any atom is 0.289 e. The Hall–Kier alpha value is -3.35. The molecule has 150 valence electrons. The van der Waals surface area contributed by atoms with E-state index in [0.717, 1.165) is 29.7 Å². The van der Waals surface area contributed by atoms with E-state index in [1.807, 2.05) is 6.20 Å². The van der Waals surface area contributed by atoms with Crippen LogP contribution in [0.25, 0.3) is 11.1 Å². The fraction of sp³-hybridized carbons (Fsp3) is 0.318. The fourth-order valence-electron chi connectivity index (χ4n) is 3.78. The third-order valence-corrected chi connectivity index (χ3v) is 5.38. The molecule has 1 N–H and O–H groups in total. The van der Waals surface area contributed by atoms with E-state index in [1.165, 1.54) is 25.0 Å². The molecule has 1 unspecified atom stereocenters. The summed E-state index contributed by atoms with van der Waals surface area (Å²) in [5.41, 5.74) is 4.02. The largest absolute Gasteiger partial charge is 0.490 e. The summed E-state index contributed by atoms with van der Waals surface area (Å²) in [5.74, 6) is -0.0413. The van der Waals surface area contributed by atoms with Crippen molar-refractivity contribution in [1.29, 1.82) is 0 Å². The molecule has 0 spiro atoms. The Balaban J connectivity index is 1.56. The molecule has 0 aliphatic carbocycles. The van der Waals surface area contributed by atoms with Crippen molar-refractivity contribution in [2.24, 2.45) is 0 Å². The van der Waals surface area contributed by atoms with Crippen LogP contribution in [0.4, 0.5) is 0 Å². The predicted molar refractivity (Wildman–Crippen MR) is 108 cm³/mol. The zero-order valence-electron chi connectivity index (χ0n) is 16.5. The van der Waals surface area contributed by atoms with E-state index in [0.29, 0.717) is 13.1 Å². The number of ether oxygens (including phenoxy) is 1. The summed E-state index contributed by atoms with van der Waals surface area (Å²) in [6, 6.07) is 9.52. The Morgan fingerprint density at radius 2 is 2.10 bits per heavy atom. The lowest BCUT2D eigenvalue weighted by Crippen LogP contribution is -2.39. The van der Waals surface area contributed by atoms with Gasteiger partial charge in [0.05, 0.1) is 13.3 Å². The Kier molecular flexibility index (Phi) is 5.20. The van der Waals surface area contributed by atoms with Gasteiger partial charge in [-0.25, -0.2) is 0 Å². The highest BCUT2D eigenvalue weighted by Crippen LogP contribution is 2.33. The summed E-state index contributed by atoms with van der Waals surface area (Å²) in [6.45, 7) is 3.22. The summed E-state index contributed by atoms with van der Waals surface area (Å²) in [4.78, 5) is 26.6. The lowest BCUT2D eigenvalue weighted by atomic mass is 9.90. The molecule has 2 aromatic heterocycles. The Morgan fingerprint density at radius 3 is 2.83 bits per heavy atom. The maximum absolute atomic E-state index is 12.9. The van der Waals surface area contributed by atoms with Gasteiger partial charge in [-0.1, -0.05) is 29.8 Å². The number of carbonyl (C=O) groups excluding carboxylic acids is 1. The summed E-state index contributed by atoms with van der Waals surface area (Å²) in [5, 5.41) is 7.39. The zero-order valence-corrected chi connectivity index (χ0v) is 16.5.